The van der Waals surface area contributed by atoms with Crippen molar-refractivity contribution in [2.75, 3.05) is 19.7 Å². The maximum absolute atomic E-state index is 12.8. The Morgan fingerprint density at radius 1 is 1.25 bits per heavy atom. The topological polar surface area (TPSA) is 72.6 Å². The summed E-state index contributed by atoms with van der Waals surface area (Å²) in [5, 5.41) is 0.682. The van der Waals surface area contributed by atoms with Crippen molar-refractivity contribution in [1.29, 1.82) is 0 Å². The lowest BCUT2D eigenvalue weighted by Gasteiger charge is -2.30. The van der Waals surface area contributed by atoms with Gasteiger partial charge in [-0.1, -0.05) is 25.1 Å². The molecule has 28 heavy (non-hydrogen) atoms. The van der Waals surface area contributed by atoms with E-state index in [-0.39, 0.29) is 12.5 Å². The Hall–Kier alpha value is -3.15. The van der Waals surface area contributed by atoms with Gasteiger partial charge in [-0.05, 0) is 43.0 Å². The predicted octanol–water partition coefficient (Wildman–Crippen LogP) is 3.91. The third-order valence-electron chi connectivity index (χ3n) is 5.05. The zero-order valence-corrected chi connectivity index (χ0v) is 15.8. The SMILES string of the molecule is C[C@@H]1CCCN(C(=O)COC(=O)c2cc(-c3ccco3)nc3ccccc23)C1. The summed E-state index contributed by atoms with van der Waals surface area (Å²) in [6, 6.07) is 12.6. The van der Waals surface area contributed by atoms with Crippen LogP contribution in [0.1, 0.15) is 30.1 Å². The van der Waals surface area contributed by atoms with E-state index < -0.39 is 5.97 Å². The smallest absolute Gasteiger partial charge is 0.339 e. The largest absolute Gasteiger partial charge is 0.463 e. The fourth-order valence-corrected chi connectivity index (χ4v) is 3.61. The molecule has 0 bridgehead atoms. The zero-order valence-electron chi connectivity index (χ0n) is 15.8. The van der Waals surface area contributed by atoms with Crippen molar-refractivity contribution in [1.82, 2.24) is 9.88 Å². The molecule has 0 unspecified atom stereocenters. The Morgan fingerprint density at radius 3 is 2.89 bits per heavy atom. The van der Waals surface area contributed by atoms with E-state index in [1.807, 2.05) is 24.3 Å². The molecule has 6 nitrogen and oxygen atoms in total. The number of likely N-dealkylation sites (tertiary alicyclic amines) is 1. The minimum atomic E-state index is -0.537. The summed E-state index contributed by atoms with van der Waals surface area (Å²) in [6.45, 7) is 3.32. The first-order valence-electron chi connectivity index (χ1n) is 9.50. The summed E-state index contributed by atoms with van der Waals surface area (Å²) in [6.07, 6.45) is 3.67. The number of rotatable bonds is 4. The maximum Gasteiger partial charge on any atom is 0.339 e. The zero-order chi connectivity index (χ0) is 19.5. The van der Waals surface area contributed by atoms with Crippen LogP contribution in [0.3, 0.4) is 0 Å². The molecule has 1 fully saturated rings. The standard InChI is InChI=1S/C22H22N2O4/c1-15-6-4-10-24(13-15)21(25)14-28-22(26)17-12-19(20-9-5-11-27-20)23-18-8-3-2-7-16(17)18/h2-3,5,7-9,11-12,15H,4,6,10,13-14H2,1H3/t15-/m1/s1. The highest BCUT2D eigenvalue weighted by molar-refractivity contribution is 6.05. The van der Waals surface area contributed by atoms with Gasteiger partial charge in [-0.3, -0.25) is 4.79 Å². The lowest BCUT2D eigenvalue weighted by atomic mass is 10.0. The first-order chi connectivity index (χ1) is 13.6. The molecule has 1 saturated heterocycles. The number of benzene rings is 1. The molecule has 1 aliphatic heterocycles. The molecule has 0 saturated carbocycles. The Bertz CT molecular complexity index is 997. The summed E-state index contributed by atoms with van der Waals surface area (Å²) in [4.78, 5) is 31.5. The highest BCUT2D eigenvalue weighted by Crippen LogP contribution is 2.25. The molecular formula is C22H22N2O4. The second kappa shape index (κ2) is 7.84. The molecule has 144 valence electrons. The Kier molecular flexibility index (Phi) is 5.10. The first kappa shape index (κ1) is 18.2. The normalized spacial score (nSPS) is 16.9. The van der Waals surface area contributed by atoms with Crippen LogP contribution >= 0.6 is 0 Å². The molecule has 1 atom stereocenters. The van der Waals surface area contributed by atoms with Gasteiger partial charge in [0.05, 0.1) is 17.3 Å². The number of amides is 1. The average Bonchev–Trinajstić information content (AvgIpc) is 3.26. The Labute approximate surface area is 163 Å². The molecule has 4 rings (SSSR count). The molecule has 6 heteroatoms. The molecule has 0 spiro atoms. The molecule has 0 radical (unpaired) electrons. The van der Waals surface area contributed by atoms with Gasteiger partial charge in [-0.25, -0.2) is 9.78 Å². The predicted molar refractivity (Wildman–Crippen MR) is 105 cm³/mol. The maximum atomic E-state index is 12.8. The number of carbonyl (C=O) groups excluding carboxylic acids is 2. The molecule has 3 heterocycles. The van der Waals surface area contributed by atoms with E-state index in [0.29, 0.717) is 33.8 Å². The second-order valence-corrected chi connectivity index (χ2v) is 7.21. The number of hydrogen-bond donors (Lipinski definition) is 0. The van der Waals surface area contributed by atoms with E-state index >= 15 is 0 Å². The number of para-hydroxylation sites is 1. The number of hydrogen-bond acceptors (Lipinski definition) is 5. The van der Waals surface area contributed by atoms with Gasteiger partial charge >= 0.3 is 5.97 Å². The molecule has 1 aliphatic rings. The number of nitrogens with zero attached hydrogens (tertiary/aromatic N) is 2. The monoisotopic (exact) mass is 378 g/mol. The Morgan fingerprint density at radius 2 is 2.11 bits per heavy atom. The Balaban J connectivity index is 1.56. The number of ether oxygens (including phenoxy) is 1. The van der Waals surface area contributed by atoms with Crippen molar-refractivity contribution in [3.8, 4) is 11.5 Å². The van der Waals surface area contributed by atoms with Crippen molar-refractivity contribution < 1.29 is 18.7 Å². The van der Waals surface area contributed by atoms with Crippen molar-refractivity contribution >= 4 is 22.8 Å². The van der Waals surface area contributed by atoms with Gasteiger partial charge in [0, 0.05) is 18.5 Å². The van der Waals surface area contributed by atoms with E-state index in [9.17, 15) is 9.59 Å². The van der Waals surface area contributed by atoms with Gasteiger partial charge in [0.2, 0.25) is 0 Å². The summed E-state index contributed by atoms with van der Waals surface area (Å²) >= 11 is 0. The third-order valence-corrected chi connectivity index (χ3v) is 5.05. The fourth-order valence-electron chi connectivity index (χ4n) is 3.61. The van der Waals surface area contributed by atoms with Crippen LogP contribution in [0.15, 0.2) is 53.1 Å². The van der Waals surface area contributed by atoms with E-state index in [0.717, 1.165) is 25.9 Å². The van der Waals surface area contributed by atoms with Gasteiger partial charge < -0.3 is 14.1 Å². The summed E-state index contributed by atoms with van der Waals surface area (Å²) in [5.74, 6) is 0.362. The average molecular weight is 378 g/mol. The second-order valence-electron chi connectivity index (χ2n) is 7.21. The minimum Gasteiger partial charge on any atom is -0.463 e. The van der Waals surface area contributed by atoms with E-state index in [1.54, 1.807) is 29.4 Å². The molecule has 3 aromatic rings. The third kappa shape index (κ3) is 3.76. The van der Waals surface area contributed by atoms with Gasteiger partial charge in [0.1, 0.15) is 5.69 Å². The molecule has 1 amide bonds. The first-order valence-corrected chi connectivity index (χ1v) is 9.50. The highest BCUT2D eigenvalue weighted by atomic mass is 16.5. The molecule has 2 aromatic heterocycles. The summed E-state index contributed by atoms with van der Waals surface area (Å²) in [5.41, 5.74) is 1.59. The van der Waals surface area contributed by atoms with Crippen molar-refractivity contribution in [3.63, 3.8) is 0 Å². The molecule has 1 aromatic carbocycles. The molecule has 0 aliphatic carbocycles. The molecule has 0 N–H and O–H groups in total. The van der Waals surface area contributed by atoms with Crippen LogP contribution in [0.25, 0.3) is 22.4 Å². The van der Waals surface area contributed by atoms with Crippen molar-refractivity contribution in [2.45, 2.75) is 19.8 Å². The van der Waals surface area contributed by atoms with E-state index in [1.165, 1.54) is 0 Å². The van der Waals surface area contributed by atoms with Gasteiger partial charge in [0.25, 0.3) is 5.91 Å². The van der Waals surface area contributed by atoms with Crippen molar-refractivity contribution in [3.05, 3.63) is 54.3 Å². The summed E-state index contributed by atoms with van der Waals surface area (Å²) < 4.78 is 10.8. The van der Waals surface area contributed by atoms with Crippen LogP contribution in [0.2, 0.25) is 0 Å². The van der Waals surface area contributed by atoms with E-state index in [2.05, 4.69) is 11.9 Å². The number of carbonyl (C=O) groups is 2. The van der Waals surface area contributed by atoms with Crippen LogP contribution in [-0.4, -0.2) is 41.5 Å². The lowest BCUT2D eigenvalue weighted by molar-refractivity contribution is -0.136. The van der Waals surface area contributed by atoms with Crippen LogP contribution in [0, 0.1) is 5.92 Å². The fraction of sp³-hybridized carbons (Fsp3) is 0.318. The number of aromatic nitrogens is 1. The number of piperidine rings is 1. The van der Waals surface area contributed by atoms with Crippen LogP contribution < -0.4 is 0 Å². The molecular weight excluding hydrogens is 356 g/mol. The lowest BCUT2D eigenvalue weighted by Crippen LogP contribution is -2.41. The quantitative estimate of drug-likeness (QED) is 0.644. The number of esters is 1. The number of pyridine rings is 1. The van der Waals surface area contributed by atoms with Crippen LogP contribution in [0.5, 0.6) is 0 Å². The van der Waals surface area contributed by atoms with Crippen molar-refractivity contribution in [2.24, 2.45) is 5.92 Å². The minimum absolute atomic E-state index is 0.149. The van der Waals surface area contributed by atoms with Crippen LogP contribution in [0.4, 0.5) is 0 Å². The number of fused-ring (bicyclic) bond motifs is 1. The van der Waals surface area contributed by atoms with Crippen LogP contribution in [-0.2, 0) is 9.53 Å². The number of furan rings is 1. The summed E-state index contributed by atoms with van der Waals surface area (Å²) in [7, 11) is 0. The van der Waals surface area contributed by atoms with E-state index in [4.69, 9.17) is 9.15 Å². The highest BCUT2D eigenvalue weighted by Gasteiger charge is 2.23. The van der Waals surface area contributed by atoms with Gasteiger partial charge in [-0.2, -0.15) is 0 Å². The van der Waals surface area contributed by atoms with Gasteiger partial charge in [0.15, 0.2) is 12.4 Å². The van der Waals surface area contributed by atoms with Gasteiger partial charge in [-0.15, -0.1) is 0 Å².